The highest BCUT2D eigenvalue weighted by atomic mass is 79.9. The van der Waals surface area contributed by atoms with Gasteiger partial charge in [-0.3, -0.25) is 9.69 Å². The molecule has 0 spiro atoms. The van der Waals surface area contributed by atoms with E-state index in [2.05, 4.69) is 21.2 Å². The zero-order valence-electron chi connectivity index (χ0n) is 9.96. The molecule has 0 radical (unpaired) electrons. The van der Waals surface area contributed by atoms with Crippen molar-refractivity contribution < 1.29 is 9.59 Å². The maximum Gasteiger partial charge on any atom is 0.325 e. The summed E-state index contributed by atoms with van der Waals surface area (Å²) in [6.07, 6.45) is 0. The van der Waals surface area contributed by atoms with Gasteiger partial charge in [-0.25, -0.2) is 4.79 Å². The lowest BCUT2D eigenvalue weighted by molar-refractivity contribution is -0.130. The maximum absolute atomic E-state index is 12.0. The molecule has 0 bridgehead atoms. The van der Waals surface area contributed by atoms with Crippen LogP contribution in [0.5, 0.6) is 0 Å². The SMILES string of the molecule is CC1(C)NC(=O)N(Cc2ccc(Br)cc2Cl)C1=O. The summed E-state index contributed by atoms with van der Waals surface area (Å²) in [5.74, 6) is -0.244. The number of urea groups is 1. The molecule has 1 saturated heterocycles. The van der Waals surface area contributed by atoms with E-state index in [1.54, 1.807) is 26.0 Å². The molecule has 1 fully saturated rings. The summed E-state index contributed by atoms with van der Waals surface area (Å²) in [4.78, 5) is 24.9. The summed E-state index contributed by atoms with van der Waals surface area (Å²) in [5, 5.41) is 3.15. The molecule has 2 rings (SSSR count). The van der Waals surface area contributed by atoms with Crippen LogP contribution in [0.3, 0.4) is 0 Å². The quantitative estimate of drug-likeness (QED) is 0.847. The molecule has 6 heteroatoms. The van der Waals surface area contributed by atoms with Gasteiger partial charge in [-0.2, -0.15) is 0 Å². The van der Waals surface area contributed by atoms with Crippen molar-refractivity contribution in [3.05, 3.63) is 33.3 Å². The molecule has 0 atom stereocenters. The Kier molecular flexibility index (Phi) is 3.38. The van der Waals surface area contributed by atoms with Gasteiger partial charge in [0, 0.05) is 9.50 Å². The van der Waals surface area contributed by atoms with Crippen molar-refractivity contribution in [3.8, 4) is 0 Å². The summed E-state index contributed by atoms with van der Waals surface area (Å²) in [7, 11) is 0. The number of hydrogen-bond donors (Lipinski definition) is 1. The van der Waals surface area contributed by atoms with E-state index in [9.17, 15) is 9.59 Å². The van der Waals surface area contributed by atoms with Crippen LogP contribution in [0.15, 0.2) is 22.7 Å². The van der Waals surface area contributed by atoms with Gasteiger partial charge < -0.3 is 5.32 Å². The number of rotatable bonds is 2. The zero-order chi connectivity index (χ0) is 13.5. The van der Waals surface area contributed by atoms with Crippen molar-refractivity contribution in [1.29, 1.82) is 0 Å². The highest BCUT2D eigenvalue weighted by molar-refractivity contribution is 9.10. The van der Waals surface area contributed by atoms with Crippen LogP contribution in [0.1, 0.15) is 19.4 Å². The van der Waals surface area contributed by atoms with Gasteiger partial charge in [-0.15, -0.1) is 0 Å². The fourth-order valence-electron chi connectivity index (χ4n) is 1.78. The Morgan fingerprint density at radius 2 is 2.06 bits per heavy atom. The van der Waals surface area contributed by atoms with Crippen LogP contribution >= 0.6 is 27.5 Å². The van der Waals surface area contributed by atoms with Crippen molar-refractivity contribution in [3.63, 3.8) is 0 Å². The van der Waals surface area contributed by atoms with Gasteiger partial charge in [0.05, 0.1) is 6.54 Å². The molecule has 4 nitrogen and oxygen atoms in total. The molecular weight excluding hydrogens is 320 g/mol. The molecule has 1 heterocycles. The van der Waals surface area contributed by atoms with Crippen molar-refractivity contribution in [2.75, 3.05) is 0 Å². The maximum atomic E-state index is 12.0. The fourth-order valence-corrected chi connectivity index (χ4v) is 2.51. The van der Waals surface area contributed by atoms with E-state index < -0.39 is 5.54 Å². The lowest BCUT2D eigenvalue weighted by atomic mass is 10.1. The van der Waals surface area contributed by atoms with E-state index in [1.165, 1.54) is 4.90 Å². The van der Waals surface area contributed by atoms with Gasteiger partial charge in [0.25, 0.3) is 5.91 Å². The minimum atomic E-state index is -0.848. The Balaban J connectivity index is 2.24. The van der Waals surface area contributed by atoms with Crippen LogP contribution in [-0.4, -0.2) is 22.4 Å². The molecule has 1 aromatic rings. The second-order valence-electron chi connectivity index (χ2n) is 4.68. The average molecular weight is 332 g/mol. The molecule has 1 N–H and O–H groups in total. The standard InChI is InChI=1S/C12H12BrClN2O2/c1-12(2)10(17)16(11(18)15-12)6-7-3-4-8(13)5-9(7)14/h3-5H,6H2,1-2H3,(H,15,18). The average Bonchev–Trinajstić information content (AvgIpc) is 2.44. The van der Waals surface area contributed by atoms with Crippen LogP contribution in [-0.2, 0) is 11.3 Å². The lowest BCUT2D eigenvalue weighted by Gasteiger charge is -2.16. The second kappa shape index (κ2) is 4.55. The number of carbonyl (C=O) groups is 2. The first-order chi connectivity index (χ1) is 8.31. The van der Waals surface area contributed by atoms with Crippen LogP contribution in [0.2, 0.25) is 5.02 Å². The molecule has 0 aromatic heterocycles. The lowest BCUT2D eigenvalue weighted by Crippen LogP contribution is -2.40. The van der Waals surface area contributed by atoms with Crippen LogP contribution in [0.4, 0.5) is 4.79 Å². The Hall–Kier alpha value is -1.07. The number of nitrogens with one attached hydrogen (secondary N) is 1. The van der Waals surface area contributed by atoms with Crippen molar-refractivity contribution >= 4 is 39.5 Å². The number of benzene rings is 1. The van der Waals surface area contributed by atoms with Gasteiger partial charge in [0.2, 0.25) is 0 Å². The minimum absolute atomic E-state index is 0.181. The minimum Gasteiger partial charge on any atom is -0.324 e. The van der Waals surface area contributed by atoms with E-state index in [0.29, 0.717) is 5.02 Å². The number of hydrogen-bond acceptors (Lipinski definition) is 2. The normalized spacial score (nSPS) is 18.1. The fraction of sp³-hybridized carbons (Fsp3) is 0.333. The Morgan fingerprint density at radius 1 is 1.39 bits per heavy atom. The molecule has 96 valence electrons. The van der Waals surface area contributed by atoms with Gasteiger partial charge >= 0.3 is 6.03 Å². The molecule has 1 aliphatic heterocycles. The first-order valence-electron chi connectivity index (χ1n) is 5.39. The van der Waals surface area contributed by atoms with Crippen LogP contribution < -0.4 is 5.32 Å². The third kappa shape index (κ3) is 2.37. The Labute approximate surface area is 118 Å². The number of nitrogens with zero attached hydrogens (tertiary/aromatic N) is 1. The van der Waals surface area contributed by atoms with Crippen LogP contribution in [0.25, 0.3) is 0 Å². The third-order valence-corrected chi connectivity index (χ3v) is 3.63. The molecule has 0 unspecified atom stereocenters. The largest absolute Gasteiger partial charge is 0.325 e. The smallest absolute Gasteiger partial charge is 0.324 e. The number of halogens is 2. The van der Waals surface area contributed by atoms with Crippen LogP contribution in [0, 0.1) is 0 Å². The predicted molar refractivity (Wildman–Crippen MR) is 72.3 cm³/mol. The molecule has 1 aliphatic rings. The van der Waals surface area contributed by atoms with Gasteiger partial charge in [-0.05, 0) is 31.5 Å². The number of amides is 3. The van der Waals surface area contributed by atoms with Gasteiger partial charge in [0.1, 0.15) is 5.54 Å². The summed E-state index contributed by atoms with van der Waals surface area (Å²) < 4.78 is 0.855. The molecule has 18 heavy (non-hydrogen) atoms. The summed E-state index contributed by atoms with van der Waals surface area (Å²) in [5.41, 5.74) is -0.111. The first-order valence-corrected chi connectivity index (χ1v) is 6.56. The third-order valence-electron chi connectivity index (χ3n) is 2.79. The van der Waals surface area contributed by atoms with Crippen molar-refractivity contribution in [2.45, 2.75) is 25.9 Å². The molecular formula is C12H12BrClN2O2. The summed E-state index contributed by atoms with van der Waals surface area (Å²) in [6, 6.07) is 4.97. The Bertz CT molecular complexity index is 531. The van der Waals surface area contributed by atoms with E-state index in [0.717, 1.165) is 10.0 Å². The molecule has 0 aliphatic carbocycles. The summed E-state index contributed by atoms with van der Waals surface area (Å²) in [6.45, 7) is 3.53. The van der Waals surface area contributed by atoms with E-state index >= 15 is 0 Å². The monoisotopic (exact) mass is 330 g/mol. The molecule has 3 amide bonds. The van der Waals surface area contributed by atoms with Crippen molar-refractivity contribution in [2.24, 2.45) is 0 Å². The topological polar surface area (TPSA) is 49.4 Å². The van der Waals surface area contributed by atoms with E-state index in [-0.39, 0.29) is 18.5 Å². The highest BCUT2D eigenvalue weighted by Crippen LogP contribution is 2.25. The molecule has 0 saturated carbocycles. The zero-order valence-corrected chi connectivity index (χ0v) is 12.3. The first kappa shape index (κ1) is 13.4. The number of imide groups is 1. The van der Waals surface area contributed by atoms with Crippen molar-refractivity contribution in [1.82, 2.24) is 10.2 Å². The highest BCUT2D eigenvalue weighted by Gasteiger charge is 2.44. The van der Waals surface area contributed by atoms with Gasteiger partial charge in [0.15, 0.2) is 0 Å². The van der Waals surface area contributed by atoms with Gasteiger partial charge in [-0.1, -0.05) is 33.6 Å². The molecule has 1 aromatic carbocycles. The second-order valence-corrected chi connectivity index (χ2v) is 6.01. The summed E-state index contributed by atoms with van der Waals surface area (Å²) >= 11 is 9.38. The predicted octanol–water partition coefficient (Wildman–Crippen LogP) is 2.93. The van der Waals surface area contributed by atoms with E-state index in [4.69, 9.17) is 11.6 Å². The Morgan fingerprint density at radius 3 is 2.56 bits per heavy atom. The van der Waals surface area contributed by atoms with E-state index in [1.807, 2.05) is 6.07 Å². The number of carbonyl (C=O) groups excluding carboxylic acids is 2.